The lowest BCUT2D eigenvalue weighted by Gasteiger charge is -2.15. The van der Waals surface area contributed by atoms with E-state index in [0.29, 0.717) is 23.9 Å². The number of rotatable bonds is 5. The van der Waals surface area contributed by atoms with Crippen molar-refractivity contribution < 1.29 is 9.53 Å². The predicted molar refractivity (Wildman–Crippen MR) is 90.9 cm³/mol. The smallest absolute Gasteiger partial charge is 0.192 e. The highest BCUT2D eigenvalue weighted by atomic mass is 32.2. The topological polar surface area (TPSA) is 57.0 Å². The minimum atomic E-state index is 0.252. The molecule has 1 aliphatic carbocycles. The van der Waals surface area contributed by atoms with Crippen molar-refractivity contribution in [3.8, 4) is 17.1 Å². The highest BCUT2D eigenvalue weighted by Crippen LogP contribution is 2.35. The van der Waals surface area contributed by atoms with Gasteiger partial charge in [-0.15, -0.1) is 10.2 Å². The van der Waals surface area contributed by atoms with Gasteiger partial charge in [0.15, 0.2) is 11.0 Å². The summed E-state index contributed by atoms with van der Waals surface area (Å²) in [5, 5.41) is 9.99. The second kappa shape index (κ2) is 6.74. The van der Waals surface area contributed by atoms with E-state index in [2.05, 4.69) is 28.6 Å². The summed E-state index contributed by atoms with van der Waals surface area (Å²) in [6.07, 6.45) is 2.28. The van der Waals surface area contributed by atoms with E-state index in [1.54, 1.807) is 18.9 Å². The standard InChI is InChI=1S/C17H21N3O2S/c1-11(2)20-16(12-4-7-14(22-3)8-5-12)18-19-17(20)23-15-9-6-13(21)10-15/h4-5,7-8,11,15H,6,9-10H2,1-3H3/t15-/m0/s1. The van der Waals surface area contributed by atoms with Gasteiger partial charge in [-0.2, -0.15) is 0 Å². The monoisotopic (exact) mass is 331 g/mol. The molecule has 0 N–H and O–H groups in total. The quantitative estimate of drug-likeness (QED) is 0.835. The molecule has 3 rings (SSSR count). The molecule has 0 saturated heterocycles. The second-order valence-corrected chi connectivity index (χ2v) is 7.29. The molecule has 0 spiro atoms. The SMILES string of the molecule is COc1ccc(-c2nnc(S[C@H]3CCC(=O)C3)n2C(C)C)cc1. The van der Waals surface area contributed by atoms with E-state index in [1.165, 1.54) is 0 Å². The molecule has 0 unspecified atom stereocenters. The first-order valence-corrected chi connectivity index (χ1v) is 8.74. The predicted octanol–water partition coefficient (Wildman–Crippen LogP) is 3.75. The Morgan fingerprint density at radius 2 is 2.00 bits per heavy atom. The molecule has 1 atom stereocenters. The van der Waals surface area contributed by atoms with Crippen molar-refractivity contribution in [2.24, 2.45) is 0 Å². The highest BCUT2D eigenvalue weighted by Gasteiger charge is 2.26. The molecule has 122 valence electrons. The maximum Gasteiger partial charge on any atom is 0.192 e. The van der Waals surface area contributed by atoms with Gasteiger partial charge in [-0.3, -0.25) is 9.36 Å². The van der Waals surface area contributed by atoms with Gasteiger partial charge < -0.3 is 4.74 Å². The number of nitrogens with zero attached hydrogens (tertiary/aromatic N) is 3. The number of hydrogen-bond donors (Lipinski definition) is 0. The van der Waals surface area contributed by atoms with Crippen LogP contribution in [0.15, 0.2) is 29.4 Å². The number of thioether (sulfide) groups is 1. The largest absolute Gasteiger partial charge is 0.497 e. The Balaban J connectivity index is 1.89. The van der Waals surface area contributed by atoms with Crippen LogP contribution in [0.25, 0.3) is 11.4 Å². The van der Waals surface area contributed by atoms with Crippen LogP contribution in [0.5, 0.6) is 5.75 Å². The maximum absolute atomic E-state index is 11.5. The van der Waals surface area contributed by atoms with E-state index in [9.17, 15) is 4.79 Å². The van der Waals surface area contributed by atoms with Crippen molar-refractivity contribution in [3.05, 3.63) is 24.3 Å². The van der Waals surface area contributed by atoms with Crippen molar-refractivity contribution in [2.75, 3.05) is 7.11 Å². The Kier molecular flexibility index (Phi) is 4.71. The third-order valence-electron chi connectivity index (χ3n) is 4.00. The van der Waals surface area contributed by atoms with Crippen LogP contribution in [-0.2, 0) is 4.79 Å². The van der Waals surface area contributed by atoms with Crippen LogP contribution < -0.4 is 4.74 Å². The van der Waals surface area contributed by atoms with Crippen LogP contribution in [0.1, 0.15) is 39.2 Å². The van der Waals surface area contributed by atoms with Gasteiger partial charge in [0.25, 0.3) is 0 Å². The summed E-state index contributed by atoms with van der Waals surface area (Å²) in [7, 11) is 1.66. The minimum absolute atomic E-state index is 0.252. The molecule has 1 fully saturated rings. The number of carbonyl (C=O) groups is 1. The number of aromatic nitrogens is 3. The van der Waals surface area contributed by atoms with Gasteiger partial charge in [0, 0.05) is 29.7 Å². The van der Waals surface area contributed by atoms with E-state index in [4.69, 9.17) is 4.74 Å². The lowest BCUT2D eigenvalue weighted by molar-refractivity contribution is -0.117. The third kappa shape index (κ3) is 3.42. The summed E-state index contributed by atoms with van der Waals surface area (Å²) in [6.45, 7) is 4.25. The number of benzene rings is 1. The molecule has 0 bridgehead atoms. The molecule has 23 heavy (non-hydrogen) atoms. The van der Waals surface area contributed by atoms with Gasteiger partial charge >= 0.3 is 0 Å². The molecule has 1 aromatic carbocycles. The summed E-state index contributed by atoms with van der Waals surface area (Å²) in [5.41, 5.74) is 1.02. The van der Waals surface area contributed by atoms with Crippen LogP contribution in [0.3, 0.4) is 0 Å². The average molecular weight is 331 g/mol. The van der Waals surface area contributed by atoms with E-state index < -0.39 is 0 Å². The zero-order valence-electron chi connectivity index (χ0n) is 13.7. The number of ketones is 1. The Labute approximate surface area is 140 Å². The maximum atomic E-state index is 11.5. The molecule has 0 amide bonds. The van der Waals surface area contributed by atoms with Gasteiger partial charge in [-0.25, -0.2) is 0 Å². The Bertz CT molecular complexity index is 694. The summed E-state index contributed by atoms with van der Waals surface area (Å²) in [5.74, 6) is 2.03. The molecule has 6 heteroatoms. The molecule has 2 aromatic rings. The van der Waals surface area contributed by atoms with Crippen molar-refractivity contribution in [2.45, 2.75) is 49.6 Å². The number of carbonyl (C=O) groups excluding carboxylic acids is 1. The summed E-state index contributed by atoms with van der Waals surface area (Å²) in [6, 6.07) is 8.10. The molecule has 1 heterocycles. The Morgan fingerprint density at radius 3 is 2.57 bits per heavy atom. The molecule has 0 radical (unpaired) electrons. The van der Waals surface area contributed by atoms with Crippen molar-refractivity contribution >= 4 is 17.5 Å². The van der Waals surface area contributed by atoms with Gasteiger partial charge in [0.1, 0.15) is 11.5 Å². The van der Waals surface area contributed by atoms with Crippen molar-refractivity contribution in [1.29, 1.82) is 0 Å². The molecule has 1 aliphatic rings. The fraction of sp³-hybridized carbons (Fsp3) is 0.471. The normalized spacial score (nSPS) is 17.9. The van der Waals surface area contributed by atoms with Crippen LogP contribution in [0, 0.1) is 0 Å². The fourth-order valence-electron chi connectivity index (χ4n) is 2.79. The number of ether oxygens (including phenoxy) is 1. The Morgan fingerprint density at radius 1 is 1.26 bits per heavy atom. The average Bonchev–Trinajstić information content (AvgIpc) is 3.14. The number of hydrogen-bond acceptors (Lipinski definition) is 5. The second-order valence-electron chi connectivity index (χ2n) is 6.02. The van der Waals surface area contributed by atoms with E-state index in [0.717, 1.165) is 28.7 Å². The summed E-state index contributed by atoms with van der Waals surface area (Å²) in [4.78, 5) is 11.5. The van der Waals surface area contributed by atoms with Crippen LogP contribution >= 0.6 is 11.8 Å². The molecule has 1 saturated carbocycles. The molecular formula is C17H21N3O2S. The molecule has 1 aromatic heterocycles. The van der Waals surface area contributed by atoms with Crippen LogP contribution in [-0.4, -0.2) is 32.9 Å². The zero-order valence-corrected chi connectivity index (χ0v) is 14.5. The van der Waals surface area contributed by atoms with Crippen LogP contribution in [0.4, 0.5) is 0 Å². The first-order chi connectivity index (χ1) is 11.1. The lowest BCUT2D eigenvalue weighted by atomic mass is 10.2. The number of methoxy groups -OCH3 is 1. The number of Topliss-reactive ketones (excluding diaryl/α,β-unsaturated/α-hetero) is 1. The Hall–Kier alpha value is -1.82. The van der Waals surface area contributed by atoms with Crippen molar-refractivity contribution in [3.63, 3.8) is 0 Å². The first kappa shape index (κ1) is 16.1. The highest BCUT2D eigenvalue weighted by molar-refractivity contribution is 7.99. The first-order valence-electron chi connectivity index (χ1n) is 7.86. The van der Waals surface area contributed by atoms with Crippen LogP contribution in [0.2, 0.25) is 0 Å². The van der Waals surface area contributed by atoms with Gasteiger partial charge in [0.2, 0.25) is 0 Å². The molecule has 5 nitrogen and oxygen atoms in total. The minimum Gasteiger partial charge on any atom is -0.497 e. The van der Waals surface area contributed by atoms with Crippen molar-refractivity contribution in [1.82, 2.24) is 14.8 Å². The summed E-state index contributed by atoms with van der Waals surface area (Å²) >= 11 is 1.68. The summed E-state index contributed by atoms with van der Waals surface area (Å²) < 4.78 is 7.36. The third-order valence-corrected chi connectivity index (χ3v) is 5.23. The van der Waals surface area contributed by atoms with Gasteiger partial charge in [0.05, 0.1) is 7.11 Å². The lowest BCUT2D eigenvalue weighted by Crippen LogP contribution is -2.07. The molecule has 0 aliphatic heterocycles. The van der Waals surface area contributed by atoms with Gasteiger partial charge in [-0.05, 0) is 44.5 Å². The zero-order chi connectivity index (χ0) is 16.4. The van der Waals surface area contributed by atoms with Gasteiger partial charge in [-0.1, -0.05) is 11.8 Å². The fourth-order valence-corrected chi connectivity index (χ4v) is 4.09. The van der Waals surface area contributed by atoms with E-state index in [-0.39, 0.29) is 6.04 Å². The molecular weight excluding hydrogens is 310 g/mol. The van der Waals surface area contributed by atoms with E-state index >= 15 is 0 Å². The van der Waals surface area contributed by atoms with E-state index in [1.807, 2.05) is 24.3 Å².